The number of amides is 1. The number of aliphatic hydroxyl groups excluding tert-OH is 1. The first-order valence-corrected chi connectivity index (χ1v) is 6.52. The number of likely N-dealkylation sites (N-methyl/N-ethyl adjacent to an activating group) is 1. The van der Waals surface area contributed by atoms with Gasteiger partial charge in [-0.2, -0.15) is 0 Å². The van der Waals surface area contributed by atoms with Gasteiger partial charge >= 0.3 is 0 Å². The van der Waals surface area contributed by atoms with Crippen LogP contribution in [0.2, 0.25) is 0 Å². The fraction of sp³-hybridized carbons (Fsp3) is 0.417. The zero-order valence-electron chi connectivity index (χ0n) is 10.00. The van der Waals surface area contributed by atoms with Gasteiger partial charge in [0.2, 0.25) is 5.91 Å². The van der Waals surface area contributed by atoms with Crippen LogP contribution in [0.5, 0.6) is 5.75 Å². The van der Waals surface area contributed by atoms with Crippen LogP contribution >= 0.6 is 15.9 Å². The first kappa shape index (κ1) is 13.3. The molecule has 3 N–H and O–H groups in total. The lowest BCUT2D eigenvalue weighted by Crippen LogP contribution is -2.23. The Morgan fingerprint density at radius 2 is 2.33 bits per heavy atom. The van der Waals surface area contributed by atoms with Gasteiger partial charge in [-0.15, -0.1) is 0 Å². The Morgan fingerprint density at radius 1 is 1.56 bits per heavy atom. The number of carbonyl (C=O) groups is 1. The van der Waals surface area contributed by atoms with E-state index in [1.165, 1.54) is 0 Å². The van der Waals surface area contributed by atoms with Gasteiger partial charge in [0.05, 0.1) is 11.1 Å². The molecule has 1 heterocycles. The highest BCUT2D eigenvalue weighted by molar-refractivity contribution is 9.10. The van der Waals surface area contributed by atoms with Crippen molar-refractivity contribution in [3.05, 3.63) is 22.2 Å². The number of ether oxygens (including phenoxy) is 1. The molecule has 0 radical (unpaired) electrons. The lowest BCUT2D eigenvalue weighted by atomic mass is 10.1. The smallest absolute Gasteiger partial charge is 0.246 e. The van der Waals surface area contributed by atoms with Crippen molar-refractivity contribution < 1.29 is 14.6 Å². The van der Waals surface area contributed by atoms with E-state index < -0.39 is 0 Å². The molecule has 0 spiro atoms. The Morgan fingerprint density at radius 3 is 3.00 bits per heavy atom. The number of rotatable bonds is 5. The van der Waals surface area contributed by atoms with Crippen molar-refractivity contribution in [1.29, 1.82) is 0 Å². The third-order valence-electron chi connectivity index (χ3n) is 2.78. The molecule has 1 aromatic rings. The van der Waals surface area contributed by atoms with Crippen LogP contribution in [-0.2, 0) is 4.79 Å². The topological polar surface area (TPSA) is 70.6 Å². The zero-order chi connectivity index (χ0) is 13.1. The Labute approximate surface area is 114 Å². The van der Waals surface area contributed by atoms with Crippen LogP contribution in [0, 0.1) is 0 Å². The Balaban J connectivity index is 2.22. The van der Waals surface area contributed by atoms with Crippen molar-refractivity contribution >= 4 is 27.5 Å². The standard InChI is InChI=1S/C12H15BrN2O3/c1-14-11-7-5-8(13)10(18-4-2-3-16)6-9(7)15-12(11)17/h5-6,11,14,16H,2-4H2,1H3,(H,15,17). The molecular weight excluding hydrogens is 300 g/mol. The Kier molecular flexibility index (Phi) is 4.21. The van der Waals surface area contributed by atoms with E-state index in [0.717, 1.165) is 15.7 Å². The second kappa shape index (κ2) is 5.69. The molecule has 5 nitrogen and oxygen atoms in total. The summed E-state index contributed by atoms with van der Waals surface area (Å²) in [6, 6.07) is 3.36. The number of nitrogens with one attached hydrogen (secondary N) is 2. The molecule has 0 fully saturated rings. The van der Waals surface area contributed by atoms with Crippen LogP contribution in [-0.4, -0.2) is 31.3 Å². The number of halogens is 1. The lowest BCUT2D eigenvalue weighted by molar-refractivity contribution is -0.117. The van der Waals surface area contributed by atoms with E-state index in [0.29, 0.717) is 18.8 Å². The predicted molar refractivity (Wildman–Crippen MR) is 71.8 cm³/mol. The lowest BCUT2D eigenvalue weighted by Gasteiger charge is -2.11. The van der Waals surface area contributed by atoms with E-state index in [1.54, 1.807) is 13.1 Å². The van der Waals surface area contributed by atoms with Crippen molar-refractivity contribution in [2.24, 2.45) is 0 Å². The minimum absolute atomic E-state index is 0.0630. The molecule has 1 aliphatic rings. The molecule has 18 heavy (non-hydrogen) atoms. The van der Waals surface area contributed by atoms with Gasteiger partial charge in [-0.05, 0) is 29.0 Å². The Hall–Kier alpha value is -1.11. The van der Waals surface area contributed by atoms with Crippen molar-refractivity contribution in [2.75, 3.05) is 25.6 Å². The number of benzene rings is 1. The first-order chi connectivity index (χ1) is 8.67. The van der Waals surface area contributed by atoms with E-state index in [-0.39, 0.29) is 18.6 Å². The molecule has 98 valence electrons. The zero-order valence-corrected chi connectivity index (χ0v) is 11.6. The van der Waals surface area contributed by atoms with Crippen LogP contribution in [0.25, 0.3) is 0 Å². The van der Waals surface area contributed by atoms with Gasteiger partial charge < -0.3 is 20.5 Å². The maximum absolute atomic E-state index is 11.7. The van der Waals surface area contributed by atoms with E-state index in [2.05, 4.69) is 26.6 Å². The van der Waals surface area contributed by atoms with Crippen LogP contribution < -0.4 is 15.4 Å². The van der Waals surface area contributed by atoms with E-state index in [4.69, 9.17) is 9.84 Å². The summed E-state index contributed by atoms with van der Waals surface area (Å²) in [4.78, 5) is 11.7. The Bertz CT molecular complexity index is 465. The molecule has 0 bridgehead atoms. The summed E-state index contributed by atoms with van der Waals surface area (Å²) >= 11 is 3.42. The predicted octanol–water partition coefficient (Wildman–Crippen LogP) is 1.42. The quantitative estimate of drug-likeness (QED) is 0.719. The molecule has 1 amide bonds. The van der Waals surface area contributed by atoms with Gasteiger partial charge in [0.15, 0.2) is 0 Å². The second-order valence-corrected chi connectivity index (χ2v) is 4.86. The number of hydrogen-bond acceptors (Lipinski definition) is 4. The number of fused-ring (bicyclic) bond motifs is 1. The summed E-state index contributed by atoms with van der Waals surface area (Å²) in [5.41, 5.74) is 1.67. The third kappa shape index (κ3) is 2.50. The van der Waals surface area contributed by atoms with Crippen LogP contribution in [0.15, 0.2) is 16.6 Å². The van der Waals surface area contributed by atoms with Crippen LogP contribution in [0.1, 0.15) is 18.0 Å². The van der Waals surface area contributed by atoms with Gasteiger partial charge in [-0.25, -0.2) is 0 Å². The van der Waals surface area contributed by atoms with Crippen molar-refractivity contribution in [3.8, 4) is 5.75 Å². The molecule has 1 aliphatic heterocycles. The molecule has 2 rings (SSSR count). The SMILES string of the molecule is CNC1C(=O)Nc2cc(OCCCO)c(Br)cc21. The highest BCUT2D eigenvalue weighted by atomic mass is 79.9. The number of aliphatic hydroxyl groups is 1. The first-order valence-electron chi connectivity index (χ1n) is 5.72. The minimum atomic E-state index is -0.317. The maximum Gasteiger partial charge on any atom is 0.246 e. The molecular formula is C12H15BrN2O3. The largest absolute Gasteiger partial charge is 0.492 e. The number of anilines is 1. The van der Waals surface area contributed by atoms with Gasteiger partial charge in [-0.1, -0.05) is 0 Å². The average molecular weight is 315 g/mol. The summed E-state index contributed by atoms with van der Waals surface area (Å²) in [5.74, 6) is 0.603. The molecule has 0 saturated heterocycles. The second-order valence-electron chi connectivity index (χ2n) is 4.01. The fourth-order valence-corrected chi connectivity index (χ4v) is 2.38. The summed E-state index contributed by atoms with van der Waals surface area (Å²) in [6.07, 6.45) is 0.578. The monoisotopic (exact) mass is 314 g/mol. The summed E-state index contributed by atoms with van der Waals surface area (Å²) in [7, 11) is 1.75. The molecule has 1 unspecified atom stereocenters. The highest BCUT2D eigenvalue weighted by Gasteiger charge is 2.30. The van der Waals surface area contributed by atoms with Crippen molar-refractivity contribution in [1.82, 2.24) is 5.32 Å². The average Bonchev–Trinajstić information content (AvgIpc) is 2.64. The summed E-state index contributed by atoms with van der Waals surface area (Å²) in [6.45, 7) is 0.540. The molecule has 1 atom stereocenters. The van der Waals surface area contributed by atoms with E-state index in [9.17, 15) is 4.79 Å². The molecule has 6 heteroatoms. The molecule has 0 aromatic heterocycles. The number of carbonyl (C=O) groups excluding carboxylic acids is 1. The number of hydrogen-bond donors (Lipinski definition) is 3. The van der Waals surface area contributed by atoms with Crippen molar-refractivity contribution in [2.45, 2.75) is 12.5 Å². The van der Waals surface area contributed by atoms with Crippen molar-refractivity contribution in [3.63, 3.8) is 0 Å². The maximum atomic E-state index is 11.7. The van der Waals surface area contributed by atoms with E-state index >= 15 is 0 Å². The summed E-state index contributed by atoms with van der Waals surface area (Å²) in [5, 5.41) is 14.5. The van der Waals surface area contributed by atoms with Gasteiger partial charge in [-0.3, -0.25) is 4.79 Å². The van der Waals surface area contributed by atoms with Crippen LogP contribution in [0.3, 0.4) is 0 Å². The molecule has 0 saturated carbocycles. The van der Waals surface area contributed by atoms with Gasteiger partial charge in [0, 0.05) is 30.3 Å². The van der Waals surface area contributed by atoms with Gasteiger partial charge in [0.1, 0.15) is 11.8 Å². The normalized spacial score (nSPS) is 17.5. The third-order valence-corrected chi connectivity index (χ3v) is 3.40. The highest BCUT2D eigenvalue weighted by Crippen LogP contribution is 2.38. The molecule has 1 aromatic carbocycles. The molecule has 0 aliphatic carbocycles. The van der Waals surface area contributed by atoms with Crippen LogP contribution in [0.4, 0.5) is 5.69 Å². The van der Waals surface area contributed by atoms with E-state index in [1.807, 2.05) is 6.07 Å². The van der Waals surface area contributed by atoms with Gasteiger partial charge in [0.25, 0.3) is 0 Å². The minimum Gasteiger partial charge on any atom is -0.492 e. The fourth-order valence-electron chi connectivity index (χ4n) is 1.91. The summed E-state index contributed by atoms with van der Waals surface area (Å²) < 4.78 is 6.33.